The number of carbonyl (C=O) groups excluding carboxylic acids is 2. The third-order valence-corrected chi connectivity index (χ3v) is 4.18. The van der Waals surface area contributed by atoms with Crippen LogP contribution in [0.25, 0.3) is 0 Å². The Kier molecular flexibility index (Phi) is 4.65. The second-order valence-electron chi connectivity index (χ2n) is 6.58. The fourth-order valence-corrected chi connectivity index (χ4v) is 2.48. The van der Waals surface area contributed by atoms with Crippen molar-refractivity contribution < 1.29 is 9.59 Å². The second-order valence-corrected chi connectivity index (χ2v) is 6.58. The van der Waals surface area contributed by atoms with E-state index in [0.717, 1.165) is 18.5 Å². The Bertz CT molecular complexity index is 746. The second kappa shape index (κ2) is 6.87. The van der Waals surface area contributed by atoms with Crippen molar-refractivity contribution in [3.63, 3.8) is 0 Å². The van der Waals surface area contributed by atoms with Crippen molar-refractivity contribution in [1.29, 1.82) is 0 Å². The molecular weight excluding hydrogens is 300 g/mol. The molecule has 1 saturated carbocycles. The van der Waals surface area contributed by atoms with Crippen LogP contribution in [0.3, 0.4) is 0 Å². The van der Waals surface area contributed by atoms with Crippen LogP contribution >= 0.6 is 0 Å². The Morgan fingerprint density at radius 2 is 1.67 bits per heavy atom. The van der Waals surface area contributed by atoms with E-state index in [4.69, 9.17) is 0 Å². The van der Waals surface area contributed by atoms with Gasteiger partial charge >= 0.3 is 0 Å². The predicted molar refractivity (Wildman–Crippen MR) is 96.3 cm³/mol. The molecule has 0 unspecified atom stereocenters. The Balaban J connectivity index is 1.66. The van der Waals surface area contributed by atoms with Gasteiger partial charge in [-0.25, -0.2) is 0 Å². The summed E-state index contributed by atoms with van der Waals surface area (Å²) < 4.78 is 0. The zero-order chi connectivity index (χ0) is 17.1. The minimum absolute atomic E-state index is 0.0387. The van der Waals surface area contributed by atoms with Gasteiger partial charge in [-0.3, -0.25) is 9.59 Å². The van der Waals surface area contributed by atoms with Crippen LogP contribution in [0.2, 0.25) is 0 Å². The van der Waals surface area contributed by atoms with Gasteiger partial charge in [-0.2, -0.15) is 0 Å². The summed E-state index contributed by atoms with van der Waals surface area (Å²) in [7, 11) is 0. The fourth-order valence-electron chi connectivity index (χ4n) is 2.48. The summed E-state index contributed by atoms with van der Waals surface area (Å²) in [5.41, 5.74) is 3.18. The SMILES string of the molecule is CC(C)c1ccc(NC(=O)c2cccc(NC(=O)C3CC3)c2)cc1. The largest absolute Gasteiger partial charge is 0.326 e. The molecule has 1 aliphatic carbocycles. The predicted octanol–water partition coefficient (Wildman–Crippen LogP) is 4.41. The Labute approximate surface area is 142 Å². The van der Waals surface area contributed by atoms with Crippen molar-refractivity contribution in [2.75, 3.05) is 10.6 Å². The number of nitrogens with one attached hydrogen (secondary N) is 2. The molecule has 2 amide bonds. The summed E-state index contributed by atoms with van der Waals surface area (Å²) in [4.78, 5) is 24.2. The number of amides is 2. The van der Waals surface area contributed by atoms with E-state index in [-0.39, 0.29) is 17.7 Å². The molecule has 24 heavy (non-hydrogen) atoms. The van der Waals surface area contributed by atoms with Crippen molar-refractivity contribution in [1.82, 2.24) is 0 Å². The van der Waals surface area contributed by atoms with Gasteiger partial charge in [0.25, 0.3) is 5.91 Å². The molecule has 124 valence electrons. The molecule has 2 N–H and O–H groups in total. The number of anilines is 2. The molecule has 0 aromatic heterocycles. The van der Waals surface area contributed by atoms with Gasteiger partial charge in [0.2, 0.25) is 5.91 Å². The van der Waals surface area contributed by atoms with E-state index in [1.54, 1.807) is 24.3 Å². The highest BCUT2D eigenvalue weighted by atomic mass is 16.2. The molecule has 0 aliphatic heterocycles. The van der Waals surface area contributed by atoms with E-state index < -0.39 is 0 Å². The van der Waals surface area contributed by atoms with Gasteiger partial charge in [0.05, 0.1) is 0 Å². The van der Waals surface area contributed by atoms with Crippen LogP contribution in [0.15, 0.2) is 48.5 Å². The maximum atomic E-state index is 12.4. The first-order chi connectivity index (χ1) is 11.5. The molecule has 0 heterocycles. The third-order valence-electron chi connectivity index (χ3n) is 4.18. The average molecular weight is 322 g/mol. The zero-order valence-electron chi connectivity index (χ0n) is 14.0. The van der Waals surface area contributed by atoms with E-state index in [0.29, 0.717) is 17.2 Å². The van der Waals surface area contributed by atoms with E-state index in [1.165, 1.54) is 5.56 Å². The number of rotatable bonds is 5. The van der Waals surface area contributed by atoms with Gasteiger partial charge in [0, 0.05) is 22.9 Å². The lowest BCUT2D eigenvalue weighted by Crippen LogP contribution is -2.15. The zero-order valence-corrected chi connectivity index (χ0v) is 14.0. The molecule has 0 spiro atoms. The standard InChI is InChI=1S/C20H22N2O2/c1-13(2)14-8-10-17(11-9-14)21-20(24)16-4-3-5-18(12-16)22-19(23)15-6-7-15/h3-5,8-13,15H,6-7H2,1-2H3,(H,21,24)(H,22,23). The van der Waals surface area contributed by atoms with Crippen molar-refractivity contribution >= 4 is 23.2 Å². The van der Waals surface area contributed by atoms with Crippen LogP contribution < -0.4 is 10.6 Å². The van der Waals surface area contributed by atoms with Crippen molar-refractivity contribution in [2.45, 2.75) is 32.6 Å². The average Bonchev–Trinajstić information content (AvgIpc) is 3.40. The van der Waals surface area contributed by atoms with Crippen molar-refractivity contribution in [2.24, 2.45) is 5.92 Å². The number of carbonyl (C=O) groups is 2. The first-order valence-electron chi connectivity index (χ1n) is 8.35. The molecule has 3 rings (SSSR count). The Morgan fingerprint density at radius 3 is 2.29 bits per heavy atom. The highest BCUT2D eigenvalue weighted by Crippen LogP contribution is 2.30. The summed E-state index contributed by atoms with van der Waals surface area (Å²) in [6, 6.07) is 14.9. The molecule has 1 aliphatic rings. The molecule has 0 atom stereocenters. The Morgan fingerprint density at radius 1 is 0.958 bits per heavy atom. The quantitative estimate of drug-likeness (QED) is 0.856. The number of benzene rings is 2. The van der Waals surface area contributed by atoms with Gasteiger partial charge in [-0.1, -0.05) is 32.0 Å². The molecular formula is C20H22N2O2. The summed E-state index contributed by atoms with van der Waals surface area (Å²) >= 11 is 0. The first kappa shape index (κ1) is 16.2. The van der Waals surface area contributed by atoms with Crippen molar-refractivity contribution in [3.8, 4) is 0 Å². The molecule has 0 radical (unpaired) electrons. The third kappa shape index (κ3) is 4.02. The topological polar surface area (TPSA) is 58.2 Å². The lowest BCUT2D eigenvalue weighted by Gasteiger charge is -2.10. The monoisotopic (exact) mass is 322 g/mol. The van der Waals surface area contributed by atoms with E-state index in [2.05, 4.69) is 24.5 Å². The maximum Gasteiger partial charge on any atom is 0.255 e. The molecule has 2 aromatic rings. The summed E-state index contributed by atoms with van der Waals surface area (Å²) in [6.07, 6.45) is 1.91. The molecule has 0 saturated heterocycles. The van der Waals surface area contributed by atoms with Gasteiger partial charge in [0.1, 0.15) is 0 Å². The Hall–Kier alpha value is -2.62. The van der Waals surface area contributed by atoms with Crippen molar-refractivity contribution in [3.05, 3.63) is 59.7 Å². The molecule has 1 fully saturated rings. The van der Waals surface area contributed by atoms with Crippen LogP contribution in [-0.4, -0.2) is 11.8 Å². The van der Waals surface area contributed by atoms with E-state index >= 15 is 0 Å². The van der Waals surface area contributed by atoms with E-state index in [9.17, 15) is 9.59 Å². The molecule has 4 heteroatoms. The fraction of sp³-hybridized carbons (Fsp3) is 0.300. The van der Waals surface area contributed by atoms with Crippen LogP contribution in [-0.2, 0) is 4.79 Å². The normalized spacial score (nSPS) is 13.6. The lowest BCUT2D eigenvalue weighted by atomic mass is 10.0. The van der Waals surface area contributed by atoms with Gasteiger partial charge in [-0.05, 0) is 54.7 Å². The number of hydrogen-bond donors (Lipinski definition) is 2. The smallest absolute Gasteiger partial charge is 0.255 e. The molecule has 4 nitrogen and oxygen atoms in total. The molecule has 2 aromatic carbocycles. The maximum absolute atomic E-state index is 12.4. The van der Waals surface area contributed by atoms with Gasteiger partial charge in [0.15, 0.2) is 0 Å². The summed E-state index contributed by atoms with van der Waals surface area (Å²) in [6.45, 7) is 4.27. The highest BCUT2D eigenvalue weighted by molar-refractivity contribution is 6.05. The molecule has 0 bridgehead atoms. The van der Waals surface area contributed by atoms with E-state index in [1.807, 2.05) is 24.3 Å². The van der Waals surface area contributed by atoms with Crippen LogP contribution in [0.5, 0.6) is 0 Å². The number of hydrogen-bond acceptors (Lipinski definition) is 2. The van der Waals surface area contributed by atoms with Crippen LogP contribution in [0, 0.1) is 5.92 Å². The summed E-state index contributed by atoms with van der Waals surface area (Å²) in [5, 5.41) is 5.75. The van der Waals surface area contributed by atoms with Gasteiger partial charge in [-0.15, -0.1) is 0 Å². The van der Waals surface area contributed by atoms with Crippen LogP contribution in [0.4, 0.5) is 11.4 Å². The van der Waals surface area contributed by atoms with Gasteiger partial charge < -0.3 is 10.6 Å². The first-order valence-corrected chi connectivity index (χ1v) is 8.35. The highest BCUT2D eigenvalue weighted by Gasteiger charge is 2.29. The minimum atomic E-state index is -0.185. The summed E-state index contributed by atoms with van der Waals surface area (Å²) in [5.74, 6) is 0.454. The lowest BCUT2D eigenvalue weighted by molar-refractivity contribution is -0.117. The minimum Gasteiger partial charge on any atom is -0.326 e. The van der Waals surface area contributed by atoms with Crippen LogP contribution in [0.1, 0.15) is 48.5 Å².